The largest absolute Gasteiger partial charge is 0.374 e. The van der Waals surface area contributed by atoms with Crippen LogP contribution >= 0.6 is 0 Å². The van der Waals surface area contributed by atoms with Gasteiger partial charge in [0.2, 0.25) is 0 Å². The first-order chi connectivity index (χ1) is 5.83. The number of rotatable bonds is 2. The summed E-state index contributed by atoms with van der Waals surface area (Å²) in [4.78, 5) is 0. The van der Waals surface area contributed by atoms with E-state index < -0.39 is 0 Å². The number of hydrogen-bond donors (Lipinski definition) is 0. The highest BCUT2D eigenvalue weighted by Gasteiger charge is 2.52. The molecule has 1 saturated carbocycles. The van der Waals surface area contributed by atoms with E-state index in [0.717, 1.165) is 6.61 Å². The summed E-state index contributed by atoms with van der Waals surface area (Å²) in [7, 11) is 0. The molecule has 1 aliphatic carbocycles. The van der Waals surface area contributed by atoms with Crippen LogP contribution in [0.3, 0.4) is 0 Å². The Kier molecular flexibility index (Phi) is 1.84. The second kappa shape index (κ2) is 2.74. The van der Waals surface area contributed by atoms with Gasteiger partial charge in [-0.1, -0.05) is 12.2 Å². The van der Waals surface area contributed by atoms with Gasteiger partial charge in [-0.15, -0.1) is 13.2 Å². The lowest BCUT2D eigenvalue weighted by atomic mass is 9.78. The van der Waals surface area contributed by atoms with Gasteiger partial charge < -0.3 is 4.74 Å². The zero-order valence-corrected chi connectivity index (χ0v) is 7.46. The molecule has 66 valence electrons. The third-order valence-electron chi connectivity index (χ3n) is 3.48. The third-order valence-corrected chi connectivity index (χ3v) is 3.48. The van der Waals surface area contributed by atoms with Crippen LogP contribution in [-0.2, 0) is 4.74 Å². The fourth-order valence-corrected chi connectivity index (χ4v) is 2.68. The maximum absolute atomic E-state index is 5.74. The van der Waals surface area contributed by atoms with Gasteiger partial charge in [0.15, 0.2) is 0 Å². The Morgan fingerprint density at radius 1 is 1.17 bits per heavy atom. The molecule has 1 spiro atoms. The molecule has 0 unspecified atom stereocenters. The molecule has 0 aromatic heterocycles. The van der Waals surface area contributed by atoms with Crippen LogP contribution in [0.25, 0.3) is 0 Å². The van der Waals surface area contributed by atoms with E-state index in [1.807, 2.05) is 0 Å². The SMILES string of the molecule is C=C[C@@H]1CC[C@@H](C=C)C12CCO2. The van der Waals surface area contributed by atoms with Crippen molar-refractivity contribution in [2.45, 2.75) is 24.9 Å². The topological polar surface area (TPSA) is 9.23 Å². The van der Waals surface area contributed by atoms with Crippen LogP contribution in [0.15, 0.2) is 25.3 Å². The molecule has 0 radical (unpaired) electrons. The molecule has 0 N–H and O–H groups in total. The van der Waals surface area contributed by atoms with Crippen LogP contribution in [0.2, 0.25) is 0 Å². The molecule has 2 rings (SSSR count). The Bertz CT molecular complexity index is 185. The maximum atomic E-state index is 5.74. The van der Waals surface area contributed by atoms with Gasteiger partial charge in [0.05, 0.1) is 12.2 Å². The Hall–Kier alpha value is -0.560. The zero-order chi connectivity index (χ0) is 8.60. The molecule has 1 saturated heterocycles. The first kappa shape index (κ1) is 8.06. The van der Waals surface area contributed by atoms with E-state index in [4.69, 9.17) is 4.74 Å². The van der Waals surface area contributed by atoms with Gasteiger partial charge in [0, 0.05) is 18.3 Å². The molecular weight excluding hydrogens is 148 g/mol. The molecule has 1 heterocycles. The maximum Gasteiger partial charge on any atom is 0.0828 e. The van der Waals surface area contributed by atoms with Crippen molar-refractivity contribution in [2.24, 2.45) is 11.8 Å². The Labute approximate surface area is 74.1 Å². The molecule has 12 heavy (non-hydrogen) atoms. The van der Waals surface area contributed by atoms with E-state index in [9.17, 15) is 0 Å². The Morgan fingerprint density at radius 3 is 1.92 bits per heavy atom. The fourth-order valence-electron chi connectivity index (χ4n) is 2.68. The first-order valence-corrected chi connectivity index (χ1v) is 4.72. The van der Waals surface area contributed by atoms with Crippen LogP contribution in [-0.4, -0.2) is 12.2 Å². The molecule has 0 bridgehead atoms. The van der Waals surface area contributed by atoms with E-state index >= 15 is 0 Å². The summed E-state index contributed by atoms with van der Waals surface area (Å²) >= 11 is 0. The minimum Gasteiger partial charge on any atom is -0.374 e. The monoisotopic (exact) mass is 164 g/mol. The molecule has 2 atom stereocenters. The summed E-state index contributed by atoms with van der Waals surface area (Å²) in [6.45, 7) is 8.67. The second-order valence-electron chi connectivity index (χ2n) is 3.82. The van der Waals surface area contributed by atoms with E-state index in [1.54, 1.807) is 0 Å². The van der Waals surface area contributed by atoms with Gasteiger partial charge in [0.1, 0.15) is 0 Å². The summed E-state index contributed by atoms with van der Waals surface area (Å²) in [5, 5.41) is 0. The smallest absolute Gasteiger partial charge is 0.0828 e. The minimum atomic E-state index is 0.115. The first-order valence-electron chi connectivity index (χ1n) is 4.72. The van der Waals surface area contributed by atoms with Gasteiger partial charge >= 0.3 is 0 Å². The molecule has 1 aliphatic heterocycles. The predicted molar refractivity (Wildman–Crippen MR) is 49.9 cm³/mol. The predicted octanol–water partition coefficient (Wildman–Crippen LogP) is 2.54. The normalized spacial score (nSPS) is 37.7. The molecule has 0 aromatic carbocycles. The summed E-state index contributed by atoms with van der Waals surface area (Å²) < 4.78 is 5.74. The van der Waals surface area contributed by atoms with Crippen molar-refractivity contribution < 1.29 is 4.74 Å². The molecule has 2 aliphatic rings. The molecular formula is C11H16O. The molecule has 2 fully saturated rings. The van der Waals surface area contributed by atoms with Gasteiger partial charge in [0.25, 0.3) is 0 Å². The fraction of sp³-hybridized carbons (Fsp3) is 0.636. The average molecular weight is 164 g/mol. The minimum absolute atomic E-state index is 0.115. The third kappa shape index (κ3) is 0.831. The van der Waals surface area contributed by atoms with Gasteiger partial charge in [-0.2, -0.15) is 0 Å². The highest BCUT2D eigenvalue weighted by Crippen LogP contribution is 2.51. The zero-order valence-electron chi connectivity index (χ0n) is 7.46. The quantitative estimate of drug-likeness (QED) is 0.570. The highest BCUT2D eigenvalue weighted by atomic mass is 16.5. The van der Waals surface area contributed by atoms with Crippen molar-refractivity contribution in [3.05, 3.63) is 25.3 Å². The van der Waals surface area contributed by atoms with E-state index in [2.05, 4.69) is 25.3 Å². The Morgan fingerprint density at radius 2 is 1.67 bits per heavy atom. The molecule has 1 nitrogen and oxygen atoms in total. The van der Waals surface area contributed by atoms with Gasteiger partial charge in [-0.3, -0.25) is 0 Å². The van der Waals surface area contributed by atoms with Gasteiger partial charge in [-0.05, 0) is 12.8 Å². The van der Waals surface area contributed by atoms with Crippen LogP contribution < -0.4 is 0 Å². The van der Waals surface area contributed by atoms with E-state index in [1.165, 1.54) is 19.3 Å². The van der Waals surface area contributed by atoms with Crippen LogP contribution in [0, 0.1) is 11.8 Å². The molecule has 0 amide bonds. The summed E-state index contributed by atoms with van der Waals surface area (Å²) in [5.74, 6) is 1.13. The standard InChI is InChI=1S/C11H16O/c1-3-9-5-6-10(4-2)11(9)7-8-12-11/h3-4,9-10H,1-2,5-8H2/t9-,10-/m1/s1. The highest BCUT2D eigenvalue weighted by molar-refractivity contribution is 5.13. The second-order valence-corrected chi connectivity index (χ2v) is 3.82. The van der Waals surface area contributed by atoms with Crippen molar-refractivity contribution in [1.29, 1.82) is 0 Å². The number of ether oxygens (including phenoxy) is 1. The van der Waals surface area contributed by atoms with E-state index in [-0.39, 0.29) is 5.60 Å². The lowest BCUT2D eigenvalue weighted by Crippen LogP contribution is -2.50. The Balaban J connectivity index is 2.21. The van der Waals surface area contributed by atoms with Crippen molar-refractivity contribution in [2.75, 3.05) is 6.61 Å². The van der Waals surface area contributed by atoms with Crippen LogP contribution in [0.4, 0.5) is 0 Å². The van der Waals surface area contributed by atoms with Crippen LogP contribution in [0.5, 0.6) is 0 Å². The van der Waals surface area contributed by atoms with Crippen molar-refractivity contribution in [1.82, 2.24) is 0 Å². The lowest BCUT2D eigenvalue weighted by Gasteiger charge is -2.46. The van der Waals surface area contributed by atoms with Gasteiger partial charge in [-0.25, -0.2) is 0 Å². The van der Waals surface area contributed by atoms with Crippen molar-refractivity contribution >= 4 is 0 Å². The van der Waals surface area contributed by atoms with Crippen LogP contribution in [0.1, 0.15) is 19.3 Å². The lowest BCUT2D eigenvalue weighted by molar-refractivity contribution is -0.176. The summed E-state index contributed by atoms with van der Waals surface area (Å²) in [5.41, 5.74) is 0.115. The van der Waals surface area contributed by atoms with Crippen molar-refractivity contribution in [3.8, 4) is 0 Å². The average Bonchev–Trinajstić information content (AvgIpc) is 2.40. The molecule has 0 aromatic rings. The van der Waals surface area contributed by atoms with E-state index in [0.29, 0.717) is 11.8 Å². The summed E-state index contributed by atoms with van der Waals surface area (Å²) in [6, 6.07) is 0. The number of hydrogen-bond acceptors (Lipinski definition) is 1. The molecule has 1 heteroatoms. The van der Waals surface area contributed by atoms with Crippen molar-refractivity contribution in [3.63, 3.8) is 0 Å². The summed E-state index contributed by atoms with van der Waals surface area (Å²) in [6.07, 6.45) is 7.76.